The Morgan fingerprint density at radius 1 is 0.553 bits per heavy atom. The van der Waals surface area contributed by atoms with Gasteiger partial charge in [0.15, 0.2) is 0 Å². The van der Waals surface area contributed by atoms with Gasteiger partial charge in [-0.1, -0.05) is 58.3 Å². The summed E-state index contributed by atoms with van der Waals surface area (Å²) in [5.74, 6) is -0.590. The van der Waals surface area contributed by atoms with Crippen LogP contribution < -0.4 is 26.6 Å². The number of aldehydes is 1. The van der Waals surface area contributed by atoms with E-state index in [0.29, 0.717) is 58.3 Å². The highest BCUT2D eigenvalue weighted by atomic mass is 16.5. The molecule has 5 N–H and O–H groups in total. The summed E-state index contributed by atoms with van der Waals surface area (Å²) in [7, 11) is 0. The molecule has 5 amide bonds. The van der Waals surface area contributed by atoms with Crippen molar-refractivity contribution < 1.29 is 43.0 Å². The molecule has 0 saturated carbocycles. The summed E-state index contributed by atoms with van der Waals surface area (Å²) in [6.45, 7) is 4.29. The van der Waals surface area contributed by atoms with Gasteiger partial charge in [0.05, 0.1) is 39.6 Å². The fourth-order valence-corrected chi connectivity index (χ4v) is 4.58. The number of hydrogen-bond acceptors (Lipinski definition) is 9. The molecule has 0 saturated heterocycles. The first-order valence-electron chi connectivity index (χ1n) is 17.3. The average Bonchev–Trinajstić information content (AvgIpc) is 3.06. The Morgan fingerprint density at radius 3 is 1.49 bits per heavy atom. The molecule has 0 fully saturated rings. The monoisotopic (exact) mass is 671 g/mol. The van der Waals surface area contributed by atoms with Gasteiger partial charge in [0.2, 0.25) is 30.5 Å². The maximum absolute atomic E-state index is 13.1. The van der Waals surface area contributed by atoms with Gasteiger partial charge in [-0.2, -0.15) is 0 Å². The van der Waals surface area contributed by atoms with E-state index in [4.69, 9.17) is 14.2 Å². The van der Waals surface area contributed by atoms with E-state index in [1.165, 1.54) is 32.1 Å². The summed E-state index contributed by atoms with van der Waals surface area (Å²) in [4.78, 5) is 69.0. The second-order valence-corrected chi connectivity index (χ2v) is 11.6. The van der Waals surface area contributed by atoms with Gasteiger partial charge in [0, 0.05) is 51.9 Å². The van der Waals surface area contributed by atoms with Gasteiger partial charge in [-0.05, 0) is 19.3 Å². The summed E-state index contributed by atoms with van der Waals surface area (Å²) < 4.78 is 17.5. The van der Waals surface area contributed by atoms with Crippen LogP contribution in [0.2, 0.25) is 0 Å². The zero-order valence-corrected chi connectivity index (χ0v) is 28.6. The normalized spacial score (nSPS) is 11.0. The minimum Gasteiger partial charge on any atom is -0.378 e. The lowest BCUT2D eigenvalue weighted by Gasteiger charge is -2.34. The number of nitrogens with one attached hydrogen (secondary N) is 5. The molecular formula is C33H61N5O9. The number of ether oxygens (including phenoxy) is 3. The summed E-state index contributed by atoms with van der Waals surface area (Å²) in [5.41, 5.74) is -1.10. The summed E-state index contributed by atoms with van der Waals surface area (Å²) in [6, 6.07) is 0. The summed E-state index contributed by atoms with van der Waals surface area (Å²) >= 11 is 0. The molecule has 0 bridgehead atoms. The van der Waals surface area contributed by atoms with E-state index in [2.05, 4.69) is 33.5 Å². The molecule has 0 rings (SSSR count). The molecule has 0 aliphatic heterocycles. The Bertz CT molecular complexity index is 794. The highest BCUT2D eigenvalue weighted by molar-refractivity contribution is 5.77. The van der Waals surface area contributed by atoms with Crippen LogP contribution in [-0.4, -0.2) is 108 Å². The predicted octanol–water partition coefficient (Wildman–Crippen LogP) is 1.69. The van der Waals surface area contributed by atoms with Gasteiger partial charge < -0.3 is 45.6 Å². The van der Waals surface area contributed by atoms with Crippen LogP contribution in [-0.2, 0) is 43.0 Å². The van der Waals surface area contributed by atoms with Crippen molar-refractivity contribution in [2.24, 2.45) is 0 Å². The molecule has 0 aromatic carbocycles. The Morgan fingerprint density at radius 2 is 1.02 bits per heavy atom. The molecule has 14 heteroatoms. The fourth-order valence-electron chi connectivity index (χ4n) is 4.58. The largest absolute Gasteiger partial charge is 0.378 e. The molecule has 0 aromatic rings. The van der Waals surface area contributed by atoms with Gasteiger partial charge in [-0.15, -0.1) is 0 Å². The number of amides is 5. The van der Waals surface area contributed by atoms with E-state index in [0.717, 1.165) is 32.0 Å². The Labute approximate surface area is 280 Å². The van der Waals surface area contributed by atoms with Crippen molar-refractivity contribution in [2.45, 2.75) is 109 Å². The van der Waals surface area contributed by atoms with Gasteiger partial charge in [-0.3, -0.25) is 24.0 Å². The first-order valence-corrected chi connectivity index (χ1v) is 17.3. The van der Waals surface area contributed by atoms with Crippen molar-refractivity contribution in [1.82, 2.24) is 26.6 Å². The number of rotatable bonds is 36. The molecule has 0 heterocycles. The van der Waals surface area contributed by atoms with Crippen LogP contribution in [0.25, 0.3) is 0 Å². The first-order chi connectivity index (χ1) is 22.9. The average molecular weight is 672 g/mol. The zero-order chi connectivity index (χ0) is 34.7. The standard InChI is InChI=1S/C33H61N5O9/c1-2-3-4-5-6-7-8-9-10-14-32(44)38-33(25-45-22-13-21-39,26-46-23-15-30(42)36-19-11-17-34-28-40)27-47-24-16-31(43)37-20-12-18-35-29-41/h21,28-29H,2-20,22-27H2,1H3,(H,34,40)(H,35,41)(H,36,42)(H,37,43)(H,38,44). The summed E-state index contributed by atoms with van der Waals surface area (Å²) in [5, 5.41) is 13.6. The van der Waals surface area contributed by atoms with Crippen LogP contribution >= 0.6 is 0 Å². The van der Waals surface area contributed by atoms with E-state index in [9.17, 15) is 28.8 Å². The van der Waals surface area contributed by atoms with Crippen molar-refractivity contribution in [3.8, 4) is 0 Å². The van der Waals surface area contributed by atoms with Crippen molar-refractivity contribution in [2.75, 3.05) is 65.8 Å². The molecule has 272 valence electrons. The molecule has 47 heavy (non-hydrogen) atoms. The number of hydrogen-bond donors (Lipinski definition) is 5. The minimum absolute atomic E-state index is 0.00987. The molecule has 0 atom stereocenters. The van der Waals surface area contributed by atoms with E-state index >= 15 is 0 Å². The van der Waals surface area contributed by atoms with E-state index < -0.39 is 5.54 Å². The number of carbonyl (C=O) groups excluding carboxylic acids is 6. The molecule has 0 aromatic heterocycles. The third-order valence-electron chi connectivity index (χ3n) is 7.18. The van der Waals surface area contributed by atoms with Crippen LogP contribution in [0.5, 0.6) is 0 Å². The van der Waals surface area contributed by atoms with Gasteiger partial charge in [0.25, 0.3) is 0 Å². The molecule has 0 aliphatic rings. The van der Waals surface area contributed by atoms with Gasteiger partial charge >= 0.3 is 0 Å². The zero-order valence-electron chi connectivity index (χ0n) is 28.6. The highest BCUT2D eigenvalue weighted by Crippen LogP contribution is 2.13. The number of unbranched alkanes of at least 4 members (excludes halogenated alkanes) is 8. The lowest BCUT2D eigenvalue weighted by atomic mass is 10.0. The lowest BCUT2D eigenvalue weighted by molar-refractivity contribution is -0.130. The van der Waals surface area contributed by atoms with E-state index in [-0.39, 0.29) is 76.6 Å². The predicted molar refractivity (Wildman–Crippen MR) is 178 cm³/mol. The number of carbonyl (C=O) groups is 6. The topological polar surface area (TPSA) is 190 Å². The van der Waals surface area contributed by atoms with Crippen molar-refractivity contribution >= 4 is 36.8 Å². The first kappa shape index (κ1) is 43.9. The maximum Gasteiger partial charge on any atom is 0.222 e. The third kappa shape index (κ3) is 28.8. The van der Waals surface area contributed by atoms with Gasteiger partial charge in [-0.25, -0.2) is 0 Å². The molecule has 0 radical (unpaired) electrons. The van der Waals surface area contributed by atoms with Crippen LogP contribution in [0.15, 0.2) is 0 Å². The third-order valence-corrected chi connectivity index (χ3v) is 7.18. The quantitative estimate of drug-likeness (QED) is 0.0487. The summed E-state index contributed by atoms with van der Waals surface area (Å²) in [6.07, 6.45) is 14.1. The molecule has 14 nitrogen and oxygen atoms in total. The Hall–Kier alpha value is -3.10. The van der Waals surface area contributed by atoms with Crippen molar-refractivity contribution in [1.29, 1.82) is 0 Å². The van der Waals surface area contributed by atoms with Crippen LogP contribution in [0.1, 0.15) is 103 Å². The van der Waals surface area contributed by atoms with Crippen LogP contribution in [0.4, 0.5) is 0 Å². The van der Waals surface area contributed by atoms with Crippen molar-refractivity contribution in [3.63, 3.8) is 0 Å². The minimum atomic E-state index is -1.10. The van der Waals surface area contributed by atoms with Crippen LogP contribution in [0, 0.1) is 0 Å². The maximum atomic E-state index is 13.1. The second-order valence-electron chi connectivity index (χ2n) is 11.6. The fraction of sp³-hybridized carbons (Fsp3) is 0.818. The Kier molecular flexibility index (Phi) is 30.7. The van der Waals surface area contributed by atoms with E-state index in [1.807, 2.05) is 0 Å². The smallest absolute Gasteiger partial charge is 0.222 e. The Balaban J connectivity index is 5.09. The molecule has 0 aliphatic carbocycles. The van der Waals surface area contributed by atoms with E-state index in [1.54, 1.807) is 0 Å². The SMILES string of the molecule is CCCCCCCCCCCC(=O)NC(COCCC=O)(COCCC(=O)NCCCNC=O)COCCC(=O)NCCCNC=O. The van der Waals surface area contributed by atoms with Crippen molar-refractivity contribution in [3.05, 3.63) is 0 Å². The molecule has 0 spiro atoms. The lowest BCUT2D eigenvalue weighted by Crippen LogP contribution is -2.58. The highest BCUT2D eigenvalue weighted by Gasteiger charge is 2.33. The molecular weight excluding hydrogens is 610 g/mol. The molecule has 0 unspecified atom stereocenters. The van der Waals surface area contributed by atoms with Crippen LogP contribution in [0.3, 0.4) is 0 Å². The van der Waals surface area contributed by atoms with Gasteiger partial charge in [0.1, 0.15) is 11.8 Å². The second kappa shape index (κ2) is 32.8.